The third-order valence-electron chi connectivity index (χ3n) is 4.11. The van der Waals surface area contributed by atoms with E-state index in [9.17, 15) is 0 Å². The van der Waals surface area contributed by atoms with Crippen molar-refractivity contribution in [3.63, 3.8) is 0 Å². The van der Waals surface area contributed by atoms with Crippen molar-refractivity contribution in [1.29, 1.82) is 0 Å². The standard InChI is InChI=1S/C17H31N5S.HI/c1-5-18-17(22-9-10-23-16(13-22)14(2)3)19-8-6-7-15-11-20-21(4)12-15;/h11-12,14,16H,5-10,13H2,1-4H3,(H,18,19);1H. The molecule has 24 heavy (non-hydrogen) atoms. The van der Waals surface area contributed by atoms with Gasteiger partial charge in [0.15, 0.2) is 5.96 Å². The van der Waals surface area contributed by atoms with Crippen LogP contribution in [0.4, 0.5) is 0 Å². The fraction of sp³-hybridized carbons (Fsp3) is 0.765. The number of hydrogen-bond donors (Lipinski definition) is 1. The van der Waals surface area contributed by atoms with Crippen molar-refractivity contribution < 1.29 is 0 Å². The Bertz CT molecular complexity index is 503. The predicted octanol–water partition coefficient (Wildman–Crippen LogP) is 3.01. The molecule has 1 aliphatic heterocycles. The second-order valence-corrected chi connectivity index (χ2v) is 7.81. The summed E-state index contributed by atoms with van der Waals surface area (Å²) >= 11 is 2.10. The zero-order valence-corrected chi connectivity index (χ0v) is 18.5. The molecule has 0 aromatic carbocycles. The van der Waals surface area contributed by atoms with Crippen molar-refractivity contribution in [2.24, 2.45) is 18.0 Å². The Kier molecular flexibility index (Phi) is 10.1. The number of aliphatic imine (C=N–C) groups is 1. The molecule has 1 aromatic rings. The fourth-order valence-corrected chi connectivity index (χ4v) is 4.06. The van der Waals surface area contributed by atoms with E-state index in [1.54, 1.807) is 0 Å². The van der Waals surface area contributed by atoms with Crippen LogP contribution in [0, 0.1) is 5.92 Å². The van der Waals surface area contributed by atoms with Crippen molar-refractivity contribution in [1.82, 2.24) is 20.0 Å². The van der Waals surface area contributed by atoms with Gasteiger partial charge in [0.25, 0.3) is 0 Å². The molecule has 0 saturated carbocycles. The van der Waals surface area contributed by atoms with Crippen LogP contribution in [-0.2, 0) is 13.5 Å². The summed E-state index contributed by atoms with van der Waals surface area (Å²) in [5.74, 6) is 3.00. The van der Waals surface area contributed by atoms with Gasteiger partial charge in [-0.3, -0.25) is 9.67 Å². The number of thioether (sulfide) groups is 1. The average Bonchev–Trinajstić information content (AvgIpc) is 2.96. The summed E-state index contributed by atoms with van der Waals surface area (Å²) in [6, 6.07) is 0. The quantitative estimate of drug-likeness (QED) is 0.304. The summed E-state index contributed by atoms with van der Waals surface area (Å²) in [4.78, 5) is 7.29. The molecule has 7 heteroatoms. The van der Waals surface area contributed by atoms with E-state index in [-0.39, 0.29) is 24.0 Å². The summed E-state index contributed by atoms with van der Waals surface area (Å²) in [5, 5.41) is 8.39. The number of guanidine groups is 1. The van der Waals surface area contributed by atoms with E-state index in [1.165, 1.54) is 11.3 Å². The molecule has 0 radical (unpaired) electrons. The zero-order valence-electron chi connectivity index (χ0n) is 15.4. The van der Waals surface area contributed by atoms with Gasteiger partial charge in [-0.05, 0) is 31.2 Å². The Morgan fingerprint density at radius 2 is 2.29 bits per heavy atom. The molecule has 0 spiro atoms. The monoisotopic (exact) mass is 465 g/mol. The van der Waals surface area contributed by atoms with Crippen LogP contribution in [0.3, 0.4) is 0 Å². The van der Waals surface area contributed by atoms with E-state index in [2.05, 4.69) is 54.0 Å². The molecule has 1 unspecified atom stereocenters. The third kappa shape index (κ3) is 6.82. The minimum Gasteiger partial charge on any atom is -0.357 e. The van der Waals surface area contributed by atoms with Crippen LogP contribution in [-0.4, -0.2) is 57.8 Å². The summed E-state index contributed by atoms with van der Waals surface area (Å²) in [5.41, 5.74) is 1.29. The van der Waals surface area contributed by atoms with E-state index < -0.39 is 0 Å². The van der Waals surface area contributed by atoms with Gasteiger partial charge in [0.1, 0.15) is 0 Å². The Balaban J connectivity index is 0.00000288. The molecule has 1 saturated heterocycles. The van der Waals surface area contributed by atoms with E-state index >= 15 is 0 Å². The average molecular weight is 465 g/mol. The van der Waals surface area contributed by atoms with Gasteiger partial charge in [0, 0.05) is 50.4 Å². The van der Waals surface area contributed by atoms with Crippen molar-refractivity contribution in [2.45, 2.75) is 38.9 Å². The number of rotatable bonds is 6. The highest BCUT2D eigenvalue weighted by Crippen LogP contribution is 2.24. The number of nitrogens with one attached hydrogen (secondary N) is 1. The van der Waals surface area contributed by atoms with Crippen LogP contribution in [0.5, 0.6) is 0 Å². The second kappa shape index (κ2) is 11.2. The molecule has 0 aliphatic carbocycles. The summed E-state index contributed by atoms with van der Waals surface area (Å²) in [6.07, 6.45) is 6.14. The molecule has 0 amide bonds. The minimum absolute atomic E-state index is 0. The molecule has 1 fully saturated rings. The third-order valence-corrected chi connectivity index (χ3v) is 5.65. The van der Waals surface area contributed by atoms with Gasteiger partial charge >= 0.3 is 0 Å². The van der Waals surface area contributed by atoms with E-state index in [0.717, 1.165) is 50.9 Å². The van der Waals surface area contributed by atoms with E-state index in [1.807, 2.05) is 17.9 Å². The van der Waals surface area contributed by atoms with Crippen LogP contribution < -0.4 is 5.32 Å². The first-order valence-electron chi connectivity index (χ1n) is 8.72. The molecular formula is C17H32IN5S. The maximum atomic E-state index is 4.85. The predicted molar refractivity (Wildman–Crippen MR) is 116 cm³/mol. The normalized spacial score (nSPS) is 18.6. The lowest BCUT2D eigenvalue weighted by atomic mass is 10.1. The fourth-order valence-electron chi connectivity index (χ4n) is 2.77. The molecule has 2 rings (SSSR count). The van der Waals surface area contributed by atoms with Crippen molar-refractivity contribution in [2.75, 3.05) is 31.9 Å². The lowest BCUT2D eigenvalue weighted by Crippen LogP contribution is -2.49. The van der Waals surface area contributed by atoms with E-state index in [4.69, 9.17) is 4.99 Å². The molecule has 138 valence electrons. The molecule has 1 aliphatic rings. The summed E-state index contributed by atoms with van der Waals surface area (Å²) in [7, 11) is 1.96. The summed E-state index contributed by atoms with van der Waals surface area (Å²) in [6.45, 7) is 10.8. The molecule has 2 heterocycles. The molecule has 0 bridgehead atoms. The van der Waals surface area contributed by atoms with Gasteiger partial charge < -0.3 is 10.2 Å². The van der Waals surface area contributed by atoms with Gasteiger partial charge in [-0.25, -0.2) is 0 Å². The van der Waals surface area contributed by atoms with Gasteiger partial charge in [-0.1, -0.05) is 13.8 Å². The first-order chi connectivity index (χ1) is 11.1. The largest absolute Gasteiger partial charge is 0.357 e. The first kappa shape index (κ1) is 21.6. The van der Waals surface area contributed by atoms with Crippen molar-refractivity contribution in [3.05, 3.63) is 18.0 Å². The van der Waals surface area contributed by atoms with Gasteiger partial charge in [0.05, 0.1) is 6.20 Å². The Hall–Kier alpha value is -0.440. The van der Waals surface area contributed by atoms with E-state index in [0.29, 0.717) is 5.25 Å². The summed E-state index contributed by atoms with van der Waals surface area (Å²) < 4.78 is 1.86. The highest BCUT2D eigenvalue weighted by Gasteiger charge is 2.24. The Morgan fingerprint density at radius 3 is 2.92 bits per heavy atom. The Morgan fingerprint density at radius 1 is 1.50 bits per heavy atom. The van der Waals surface area contributed by atoms with Crippen LogP contribution in [0.15, 0.2) is 17.4 Å². The number of hydrogen-bond acceptors (Lipinski definition) is 3. The second-order valence-electron chi connectivity index (χ2n) is 6.46. The molecule has 1 aromatic heterocycles. The number of aryl methyl sites for hydroxylation is 2. The SMILES string of the molecule is CCNC(=NCCCc1cnn(C)c1)N1CCSC(C(C)C)C1.I. The number of nitrogens with zero attached hydrogens (tertiary/aromatic N) is 4. The van der Waals surface area contributed by atoms with Crippen LogP contribution >= 0.6 is 35.7 Å². The van der Waals surface area contributed by atoms with Crippen LogP contribution in [0.25, 0.3) is 0 Å². The van der Waals surface area contributed by atoms with Crippen molar-refractivity contribution in [3.8, 4) is 0 Å². The molecule has 1 N–H and O–H groups in total. The zero-order chi connectivity index (χ0) is 16.7. The molecule has 1 atom stereocenters. The van der Waals surface area contributed by atoms with Crippen LogP contribution in [0.2, 0.25) is 0 Å². The lowest BCUT2D eigenvalue weighted by Gasteiger charge is -2.36. The first-order valence-corrected chi connectivity index (χ1v) is 9.77. The topological polar surface area (TPSA) is 45.5 Å². The maximum Gasteiger partial charge on any atom is 0.193 e. The highest BCUT2D eigenvalue weighted by atomic mass is 127. The Labute approximate surface area is 168 Å². The highest BCUT2D eigenvalue weighted by molar-refractivity contribution is 14.0. The van der Waals surface area contributed by atoms with Gasteiger partial charge in [-0.15, -0.1) is 24.0 Å². The number of aromatic nitrogens is 2. The maximum absolute atomic E-state index is 4.85. The van der Waals surface area contributed by atoms with Crippen LogP contribution in [0.1, 0.15) is 32.8 Å². The minimum atomic E-state index is 0. The number of halogens is 1. The van der Waals surface area contributed by atoms with Gasteiger partial charge in [0.2, 0.25) is 0 Å². The van der Waals surface area contributed by atoms with Crippen molar-refractivity contribution >= 4 is 41.7 Å². The smallest absolute Gasteiger partial charge is 0.193 e. The molecular weight excluding hydrogens is 433 g/mol. The molecule has 5 nitrogen and oxygen atoms in total. The lowest BCUT2D eigenvalue weighted by molar-refractivity contribution is 0.381. The van der Waals surface area contributed by atoms with Gasteiger partial charge in [-0.2, -0.15) is 16.9 Å².